The van der Waals surface area contributed by atoms with E-state index in [9.17, 15) is 0 Å². The molecule has 2 aliphatic rings. The Morgan fingerprint density at radius 2 is 2.29 bits per heavy atom. The molecule has 116 valence electrons. The van der Waals surface area contributed by atoms with Crippen molar-refractivity contribution in [2.24, 2.45) is 0 Å². The number of rotatable bonds is 2. The van der Waals surface area contributed by atoms with E-state index in [1.807, 2.05) is 24.0 Å². The van der Waals surface area contributed by atoms with E-state index in [2.05, 4.69) is 36.1 Å². The molecule has 1 aromatic heterocycles. The van der Waals surface area contributed by atoms with Gasteiger partial charge in [0, 0.05) is 30.0 Å². The minimum absolute atomic E-state index is 0.0172. The zero-order chi connectivity index (χ0) is 14.9. The molecule has 0 aliphatic carbocycles. The Hall–Kier alpha value is -0.810. The number of ether oxygens (including phenoxy) is 1. The van der Waals surface area contributed by atoms with Crippen LogP contribution in [0.3, 0.4) is 0 Å². The number of thioether (sulfide) groups is 1. The average Bonchev–Trinajstić information content (AvgIpc) is 2.86. The lowest BCUT2D eigenvalue weighted by atomic mass is 9.90. The van der Waals surface area contributed by atoms with E-state index in [0.29, 0.717) is 6.04 Å². The average molecular weight is 307 g/mol. The molecule has 0 amide bonds. The van der Waals surface area contributed by atoms with Gasteiger partial charge in [0.05, 0.1) is 5.60 Å². The van der Waals surface area contributed by atoms with Gasteiger partial charge >= 0.3 is 0 Å². The summed E-state index contributed by atoms with van der Waals surface area (Å²) in [4.78, 5) is 9.08. The van der Waals surface area contributed by atoms with Crippen molar-refractivity contribution < 1.29 is 4.74 Å². The van der Waals surface area contributed by atoms with Crippen LogP contribution in [0.25, 0.3) is 0 Å². The van der Waals surface area contributed by atoms with E-state index in [1.54, 1.807) is 0 Å². The van der Waals surface area contributed by atoms with E-state index in [-0.39, 0.29) is 11.0 Å². The summed E-state index contributed by atoms with van der Waals surface area (Å²) in [6.07, 6.45) is 5.19. The monoisotopic (exact) mass is 307 g/mol. The summed E-state index contributed by atoms with van der Waals surface area (Å²) in [6, 6.07) is 2.43. The van der Waals surface area contributed by atoms with E-state index in [1.165, 1.54) is 12.2 Å². The predicted octanol–water partition coefficient (Wildman–Crippen LogP) is 3.24. The van der Waals surface area contributed by atoms with Gasteiger partial charge in [0.2, 0.25) is 0 Å². The molecule has 0 unspecified atom stereocenters. The quantitative estimate of drug-likeness (QED) is 0.909. The lowest BCUT2D eigenvalue weighted by Crippen LogP contribution is -2.44. The van der Waals surface area contributed by atoms with Gasteiger partial charge < -0.3 is 10.1 Å². The maximum Gasteiger partial charge on any atom is 0.135 e. The van der Waals surface area contributed by atoms with Crippen molar-refractivity contribution in [3.05, 3.63) is 18.1 Å². The standard InChI is InChI=1S/C16H25N3OS/c1-15(2,3)14-17-7-4-13(19-14)18-12-5-8-20-16(10-12)6-9-21-11-16/h4,7,12H,5-6,8-11H2,1-3H3,(H,17,18,19)/t12-,16+/m0/s1. The van der Waals surface area contributed by atoms with Gasteiger partial charge in [-0.2, -0.15) is 11.8 Å². The van der Waals surface area contributed by atoms with Gasteiger partial charge in [0.15, 0.2) is 0 Å². The molecule has 0 saturated carbocycles. The molecule has 3 rings (SSSR count). The molecular formula is C16H25N3OS. The third-order valence-corrected chi connectivity index (χ3v) is 5.46. The Labute approximate surface area is 131 Å². The first-order valence-electron chi connectivity index (χ1n) is 7.79. The normalized spacial score (nSPS) is 29.8. The minimum Gasteiger partial charge on any atom is -0.374 e. The maximum absolute atomic E-state index is 6.08. The van der Waals surface area contributed by atoms with Gasteiger partial charge in [-0.25, -0.2) is 9.97 Å². The molecule has 21 heavy (non-hydrogen) atoms. The van der Waals surface area contributed by atoms with Crippen molar-refractivity contribution in [3.63, 3.8) is 0 Å². The van der Waals surface area contributed by atoms with Crippen LogP contribution in [-0.4, -0.2) is 39.7 Å². The fourth-order valence-electron chi connectivity index (χ4n) is 3.02. The number of aromatic nitrogens is 2. The first kappa shape index (κ1) is 15.1. The molecule has 1 N–H and O–H groups in total. The number of hydrogen-bond acceptors (Lipinski definition) is 5. The number of anilines is 1. The zero-order valence-electron chi connectivity index (χ0n) is 13.2. The van der Waals surface area contributed by atoms with E-state index in [4.69, 9.17) is 4.74 Å². The third-order valence-electron chi connectivity index (χ3n) is 4.24. The first-order chi connectivity index (χ1) is 9.97. The second kappa shape index (κ2) is 5.76. The molecule has 0 aromatic carbocycles. The summed E-state index contributed by atoms with van der Waals surface area (Å²) in [6.45, 7) is 7.29. The Balaban J connectivity index is 1.69. The fourth-order valence-corrected chi connectivity index (χ4v) is 4.40. The number of nitrogens with one attached hydrogen (secondary N) is 1. The van der Waals surface area contributed by atoms with Crippen LogP contribution < -0.4 is 5.32 Å². The van der Waals surface area contributed by atoms with E-state index < -0.39 is 0 Å². The zero-order valence-corrected chi connectivity index (χ0v) is 14.0. The third kappa shape index (κ3) is 3.51. The summed E-state index contributed by atoms with van der Waals surface area (Å²) in [7, 11) is 0. The van der Waals surface area contributed by atoms with Crippen molar-refractivity contribution in [1.29, 1.82) is 0 Å². The molecule has 2 atom stereocenters. The highest BCUT2D eigenvalue weighted by molar-refractivity contribution is 7.99. The predicted molar refractivity (Wildman–Crippen MR) is 88.0 cm³/mol. The van der Waals surface area contributed by atoms with Gasteiger partial charge in [-0.05, 0) is 31.1 Å². The molecule has 2 aliphatic heterocycles. The molecule has 1 aromatic rings. The van der Waals surface area contributed by atoms with Crippen LogP contribution in [0.5, 0.6) is 0 Å². The molecule has 4 nitrogen and oxygen atoms in total. The van der Waals surface area contributed by atoms with Crippen LogP contribution in [0.15, 0.2) is 12.3 Å². The van der Waals surface area contributed by atoms with Crippen LogP contribution >= 0.6 is 11.8 Å². The van der Waals surface area contributed by atoms with Gasteiger partial charge in [-0.3, -0.25) is 0 Å². The van der Waals surface area contributed by atoms with Crippen molar-refractivity contribution in [1.82, 2.24) is 9.97 Å². The number of nitrogens with zero attached hydrogens (tertiary/aromatic N) is 2. The van der Waals surface area contributed by atoms with Crippen LogP contribution in [0.1, 0.15) is 45.9 Å². The Morgan fingerprint density at radius 3 is 3.00 bits per heavy atom. The van der Waals surface area contributed by atoms with Gasteiger partial charge in [-0.15, -0.1) is 0 Å². The highest BCUT2D eigenvalue weighted by Crippen LogP contribution is 2.38. The van der Waals surface area contributed by atoms with E-state index >= 15 is 0 Å². The molecule has 5 heteroatoms. The summed E-state index contributed by atoms with van der Waals surface area (Å²) in [5.74, 6) is 4.21. The summed E-state index contributed by atoms with van der Waals surface area (Å²) < 4.78 is 6.08. The summed E-state index contributed by atoms with van der Waals surface area (Å²) in [5.41, 5.74) is 0.0944. The Kier molecular flexibility index (Phi) is 4.14. The molecule has 2 fully saturated rings. The van der Waals surface area contributed by atoms with Crippen molar-refractivity contribution in [3.8, 4) is 0 Å². The molecule has 3 heterocycles. The lowest BCUT2D eigenvalue weighted by molar-refractivity contribution is -0.0628. The first-order valence-corrected chi connectivity index (χ1v) is 8.94. The van der Waals surface area contributed by atoms with Crippen LogP contribution in [0.4, 0.5) is 5.82 Å². The highest BCUT2D eigenvalue weighted by Gasteiger charge is 2.40. The van der Waals surface area contributed by atoms with Gasteiger partial charge in [0.1, 0.15) is 11.6 Å². The molecular weight excluding hydrogens is 282 g/mol. The second-order valence-corrected chi connectivity index (χ2v) is 8.29. The minimum atomic E-state index is -0.0172. The van der Waals surface area contributed by atoms with Crippen LogP contribution in [0.2, 0.25) is 0 Å². The molecule has 2 saturated heterocycles. The smallest absolute Gasteiger partial charge is 0.135 e. The fraction of sp³-hybridized carbons (Fsp3) is 0.750. The second-order valence-electron chi connectivity index (χ2n) is 7.18. The Bertz CT molecular complexity index is 495. The largest absolute Gasteiger partial charge is 0.374 e. The molecule has 1 spiro atoms. The summed E-state index contributed by atoms with van der Waals surface area (Å²) >= 11 is 2.02. The lowest BCUT2D eigenvalue weighted by Gasteiger charge is -2.38. The van der Waals surface area contributed by atoms with Crippen LogP contribution in [-0.2, 0) is 10.2 Å². The van der Waals surface area contributed by atoms with Crippen molar-refractivity contribution in [2.75, 3.05) is 23.4 Å². The van der Waals surface area contributed by atoms with Crippen LogP contribution in [0, 0.1) is 0 Å². The van der Waals surface area contributed by atoms with Crippen molar-refractivity contribution in [2.45, 2.75) is 57.1 Å². The van der Waals surface area contributed by atoms with E-state index in [0.717, 1.165) is 36.8 Å². The topological polar surface area (TPSA) is 47.0 Å². The summed E-state index contributed by atoms with van der Waals surface area (Å²) in [5, 5.41) is 3.60. The van der Waals surface area contributed by atoms with Crippen molar-refractivity contribution >= 4 is 17.6 Å². The Morgan fingerprint density at radius 1 is 1.43 bits per heavy atom. The van der Waals surface area contributed by atoms with Gasteiger partial charge in [0.25, 0.3) is 0 Å². The molecule has 0 bridgehead atoms. The molecule has 0 radical (unpaired) electrons. The SMILES string of the molecule is CC(C)(C)c1nccc(N[C@H]2CCO[C@]3(CCSC3)C2)n1. The highest BCUT2D eigenvalue weighted by atomic mass is 32.2. The number of hydrogen-bond donors (Lipinski definition) is 1. The van der Waals surface area contributed by atoms with Gasteiger partial charge in [-0.1, -0.05) is 20.8 Å². The maximum atomic E-state index is 6.08.